The first-order valence-electron chi connectivity index (χ1n) is 6.11. The lowest BCUT2D eigenvalue weighted by molar-refractivity contribution is -0.142. The smallest absolute Gasteiger partial charge is 0.308 e. The molecule has 0 spiro atoms. The first-order chi connectivity index (χ1) is 8.97. The zero-order valence-corrected chi connectivity index (χ0v) is 11.3. The molecule has 1 rings (SSSR count). The van der Waals surface area contributed by atoms with E-state index in [2.05, 4.69) is 5.32 Å². The zero-order valence-electron chi connectivity index (χ0n) is 11.3. The van der Waals surface area contributed by atoms with Crippen molar-refractivity contribution in [3.63, 3.8) is 0 Å². The fraction of sp³-hybridized carbons (Fsp3) is 0.429. The maximum Gasteiger partial charge on any atom is 0.308 e. The summed E-state index contributed by atoms with van der Waals surface area (Å²) in [5, 5.41) is 11.7. The van der Waals surface area contributed by atoms with Crippen LogP contribution >= 0.6 is 0 Å². The number of amides is 1. The fourth-order valence-electron chi connectivity index (χ4n) is 1.74. The van der Waals surface area contributed by atoms with E-state index in [0.29, 0.717) is 11.3 Å². The van der Waals surface area contributed by atoms with E-state index in [-0.39, 0.29) is 18.4 Å². The van der Waals surface area contributed by atoms with Crippen LogP contribution < -0.4 is 10.1 Å². The van der Waals surface area contributed by atoms with Gasteiger partial charge in [-0.1, -0.05) is 26.0 Å². The van der Waals surface area contributed by atoms with Gasteiger partial charge in [0.15, 0.2) is 0 Å². The average molecular weight is 265 g/mol. The second-order valence-electron chi connectivity index (χ2n) is 4.60. The Morgan fingerprint density at radius 3 is 2.47 bits per heavy atom. The summed E-state index contributed by atoms with van der Waals surface area (Å²) in [6.45, 7) is 3.73. The Hall–Kier alpha value is -2.04. The molecule has 0 bridgehead atoms. The van der Waals surface area contributed by atoms with Gasteiger partial charge >= 0.3 is 5.97 Å². The van der Waals surface area contributed by atoms with E-state index < -0.39 is 11.9 Å². The molecule has 1 amide bonds. The first-order valence-corrected chi connectivity index (χ1v) is 6.11. The zero-order chi connectivity index (χ0) is 14.4. The molecule has 104 valence electrons. The number of carboxylic acid groups (broad SMARTS) is 1. The molecule has 0 heterocycles. The number of benzene rings is 1. The molecule has 1 aromatic carbocycles. The SMILES string of the molecule is COc1ccccc1C(=O)NCC(C(=O)O)C(C)C. The van der Waals surface area contributed by atoms with Gasteiger partial charge in [0.2, 0.25) is 0 Å². The molecule has 0 saturated heterocycles. The summed E-state index contributed by atoms with van der Waals surface area (Å²) in [7, 11) is 1.49. The number of hydrogen-bond acceptors (Lipinski definition) is 3. The predicted molar refractivity (Wildman–Crippen MR) is 71.3 cm³/mol. The Kier molecular flexibility index (Phi) is 5.36. The van der Waals surface area contributed by atoms with Crippen LogP contribution in [0.25, 0.3) is 0 Å². The largest absolute Gasteiger partial charge is 0.496 e. The van der Waals surface area contributed by atoms with Crippen molar-refractivity contribution in [2.24, 2.45) is 11.8 Å². The lowest BCUT2D eigenvalue weighted by atomic mass is 9.96. The van der Waals surface area contributed by atoms with Crippen LogP contribution in [0.1, 0.15) is 24.2 Å². The second-order valence-corrected chi connectivity index (χ2v) is 4.60. The van der Waals surface area contributed by atoms with E-state index in [4.69, 9.17) is 9.84 Å². The van der Waals surface area contributed by atoms with Crippen molar-refractivity contribution in [1.82, 2.24) is 5.32 Å². The minimum absolute atomic E-state index is 0.0459. The lowest BCUT2D eigenvalue weighted by Gasteiger charge is -2.17. The van der Waals surface area contributed by atoms with Crippen molar-refractivity contribution < 1.29 is 19.4 Å². The third-order valence-electron chi connectivity index (χ3n) is 2.96. The number of carbonyl (C=O) groups is 2. The van der Waals surface area contributed by atoms with Crippen molar-refractivity contribution in [2.45, 2.75) is 13.8 Å². The number of hydrogen-bond donors (Lipinski definition) is 2. The molecule has 0 saturated carbocycles. The number of methoxy groups -OCH3 is 1. The van der Waals surface area contributed by atoms with E-state index >= 15 is 0 Å². The normalized spacial score (nSPS) is 12.0. The van der Waals surface area contributed by atoms with Crippen LogP contribution in [-0.4, -0.2) is 30.6 Å². The van der Waals surface area contributed by atoms with Gasteiger partial charge in [-0.2, -0.15) is 0 Å². The number of carbonyl (C=O) groups excluding carboxylic acids is 1. The van der Waals surface area contributed by atoms with Gasteiger partial charge in [0.25, 0.3) is 5.91 Å². The Bertz CT molecular complexity index is 457. The summed E-state index contributed by atoms with van der Waals surface area (Å²) in [5.41, 5.74) is 0.401. The van der Waals surface area contributed by atoms with Gasteiger partial charge < -0.3 is 15.2 Å². The third kappa shape index (κ3) is 3.98. The standard InChI is InChI=1S/C14H19NO4/c1-9(2)11(14(17)18)8-15-13(16)10-6-4-5-7-12(10)19-3/h4-7,9,11H,8H2,1-3H3,(H,15,16)(H,17,18). The third-order valence-corrected chi connectivity index (χ3v) is 2.96. The predicted octanol–water partition coefficient (Wildman–Crippen LogP) is 1.78. The molecule has 2 N–H and O–H groups in total. The number of aliphatic carboxylic acids is 1. The maximum atomic E-state index is 12.0. The van der Waals surface area contributed by atoms with E-state index in [1.54, 1.807) is 24.3 Å². The van der Waals surface area contributed by atoms with Crippen molar-refractivity contribution >= 4 is 11.9 Å². The van der Waals surface area contributed by atoms with Crippen LogP contribution in [0.3, 0.4) is 0 Å². The van der Waals surface area contributed by atoms with Crippen molar-refractivity contribution in [3.8, 4) is 5.75 Å². The van der Waals surface area contributed by atoms with E-state index in [0.717, 1.165) is 0 Å². The highest BCUT2D eigenvalue weighted by Gasteiger charge is 2.22. The van der Waals surface area contributed by atoms with Gasteiger partial charge in [0, 0.05) is 6.54 Å². The highest BCUT2D eigenvalue weighted by molar-refractivity contribution is 5.97. The number of carboxylic acids is 1. The minimum atomic E-state index is -0.907. The number of nitrogens with one attached hydrogen (secondary N) is 1. The van der Waals surface area contributed by atoms with Crippen molar-refractivity contribution in [1.29, 1.82) is 0 Å². The van der Waals surface area contributed by atoms with Crippen LogP contribution in [0.2, 0.25) is 0 Å². The van der Waals surface area contributed by atoms with Gasteiger partial charge in [-0.25, -0.2) is 0 Å². The minimum Gasteiger partial charge on any atom is -0.496 e. The molecule has 1 atom stereocenters. The molecule has 1 aromatic rings. The van der Waals surface area contributed by atoms with Gasteiger partial charge in [-0.15, -0.1) is 0 Å². The molecule has 0 fully saturated rings. The van der Waals surface area contributed by atoms with Gasteiger partial charge in [0.1, 0.15) is 5.75 Å². The molecule has 5 nitrogen and oxygen atoms in total. The molecular formula is C14H19NO4. The average Bonchev–Trinajstić information content (AvgIpc) is 2.37. The Labute approximate surface area is 112 Å². The molecule has 0 aliphatic carbocycles. The Morgan fingerprint density at radius 2 is 1.95 bits per heavy atom. The Balaban J connectivity index is 2.72. The molecule has 0 radical (unpaired) electrons. The highest BCUT2D eigenvalue weighted by atomic mass is 16.5. The summed E-state index contributed by atoms with van der Waals surface area (Å²) < 4.78 is 5.09. The van der Waals surface area contributed by atoms with Crippen molar-refractivity contribution in [3.05, 3.63) is 29.8 Å². The molecule has 1 unspecified atom stereocenters. The summed E-state index contributed by atoms with van der Waals surface area (Å²) in [4.78, 5) is 23.0. The van der Waals surface area contributed by atoms with E-state index in [1.807, 2.05) is 13.8 Å². The molecule has 0 aliphatic rings. The van der Waals surface area contributed by atoms with Crippen LogP contribution in [0.15, 0.2) is 24.3 Å². The maximum absolute atomic E-state index is 12.0. The number of para-hydroxylation sites is 1. The summed E-state index contributed by atoms with van der Waals surface area (Å²) >= 11 is 0. The molecule has 5 heteroatoms. The molecular weight excluding hydrogens is 246 g/mol. The molecule has 0 aliphatic heterocycles. The molecule has 0 aromatic heterocycles. The van der Waals surface area contributed by atoms with Crippen LogP contribution in [-0.2, 0) is 4.79 Å². The van der Waals surface area contributed by atoms with Gasteiger partial charge in [-0.3, -0.25) is 9.59 Å². The van der Waals surface area contributed by atoms with Gasteiger partial charge in [-0.05, 0) is 18.1 Å². The van der Waals surface area contributed by atoms with Crippen LogP contribution in [0.5, 0.6) is 5.75 Å². The topological polar surface area (TPSA) is 75.6 Å². The summed E-state index contributed by atoms with van der Waals surface area (Å²) in [5.74, 6) is -1.41. The number of rotatable bonds is 6. The lowest BCUT2D eigenvalue weighted by Crippen LogP contribution is -2.35. The van der Waals surface area contributed by atoms with E-state index in [9.17, 15) is 9.59 Å². The second kappa shape index (κ2) is 6.78. The van der Waals surface area contributed by atoms with Crippen molar-refractivity contribution in [2.75, 3.05) is 13.7 Å². The summed E-state index contributed by atoms with van der Waals surface area (Å²) in [6.07, 6.45) is 0. The monoisotopic (exact) mass is 265 g/mol. The van der Waals surface area contributed by atoms with Gasteiger partial charge in [0.05, 0.1) is 18.6 Å². The van der Waals surface area contributed by atoms with Crippen LogP contribution in [0.4, 0.5) is 0 Å². The molecule has 19 heavy (non-hydrogen) atoms. The highest BCUT2D eigenvalue weighted by Crippen LogP contribution is 2.17. The fourth-order valence-corrected chi connectivity index (χ4v) is 1.74. The van der Waals surface area contributed by atoms with Crippen LogP contribution in [0, 0.1) is 11.8 Å². The summed E-state index contributed by atoms with van der Waals surface area (Å²) in [6, 6.07) is 6.82. The first kappa shape index (κ1) is 15.0. The quantitative estimate of drug-likeness (QED) is 0.822. The Morgan fingerprint density at radius 1 is 1.32 bits per heavy atom. The number of ether oxygens (including phenoxy) is 1. The van der Waals surface area contributed by atoms with E-state index in [1.165, 1.54) is 7.11 Å².